The molecule has 0 aromatic heterocycles. The van der Waals surface area contributed by atoms with Crippen LogP contribution in [0.25, 0.3) is 0 Å². The van der Waals surface area contributed by atoms with Crippen LogP contribution in [0, 0.1) is 0 Å². The highest BCUT2D eigenvalue weighted by Crippen LogP contribution is 2.38. The SMILES string of the molecule is CCNC(=NCc1cc(Cl)c2c(c1)OCCO2)NCc1ccc(OC)c(OC)c1.I. The zero-order valence-electron chi connectivity index (χ0n) is 17.3. The van der Waals surface area contributed by atoms with Crippen LogP contribution >= 0.6 is 35.6 Å². The van der Waals surface area contributed by atoms with Gasteiger partial charge in [0.25, 0.3) is 0 Å². The highest BCUT2D eigenvalue weighted by atomic mass is 127. The number of benzene rings is 2. The molecule has 1 aliphatic heterocycles. The molecule has 0 unspecified atom stereocenters. The predicted octanol–water partition coefficient (Wildman–Crippen LogP) is 4.00. The van der Waals surface area contributed by atoms with Crippen molar-refractivity contribution in [2.45, 2.75) is 20.0 Å². The van der Waals surface area contributed by atoms with E-state index in [1.807, 2.05) is 37.3 Å². The molecule has 0 saturated heterocycles. The second kappa shape index (κ2) is 11.9. The first-order chi connectivity index (χ1) is 14.1. The Bertz CT molecular complexity index is 880. The summed E-state index contributed by atoms with van der Waals surface area (Å²) < 4.78 is 21.8. The standard InChI is InChI=1S/C21H26ClN3O4.HI/c1-4-23-21(24-12-14-5-6-17(26-2)18(10-14)27-3)25-13-15-9-16(22)20-19(11-15)28-7-8-29-20;/h5-6,9-11H,4,7-8,12-13H2,1-3H3,(H2,23,24,25);1H. The van der Waals surface area contributed by atoms with Crippen LogP contribution in [0.3, 0.4) is 0 Å². The highest BCUT2D eigenvalue weighted by Gasteiger charge is 2.16. The second-order valence-corrected chi connectivity index (χ2v) is 6.75. The van der Waals surface area contributed by atoms with Crippen molar-refractivity contribution < 1.29 is 18.9 Å². The minimum atomic E-state index is 0. The zero-order valence-corrected chi connectivity index (χ0v) is 20.4. The van der Waals surface area contributed by atoms with Crippen molar-refractivity contribution in [2.24, 2.45) is 4.99 Å². The second-order valence-electron chi connectivity index (χ2n) is 6.34. The van der Waals surface area contributed by atoms with Gasteiger partial charge in [0.2, 0.25) is 0 Å². The third kappa shape index (κ3) is 6.21. The first-order valence-corrected chi connectivity index (χ1v) is 9.83. The number of methoxy groups -OCH3 is 2. The molecule has 1 heterocycles. The molecule has 0 bridgehead atoms. The van der Waals surface area contributed by atoms with Gasteiger partial charge in [0.05, 0.1) is 25.8 Å². The Labute approximate surface area is 199 Å². The van der Waals surface area contributed by atoms with E-state index in [-0.39, 0.29) is 24.0 Å². The van der Waals surface area contributed by atoms with Crippen molar-refractivity contribution in [2.75, 3.05) is 34.0 Å². The van der Waals surface area contributed by atoms with Gasteiger partial charge in [-0.15, -0.1) is 24.0 Å². The Morgan fingerprint density at radius 2 is 1.80 bits per heavy atom. The van der Waals surface area contributed by atoms with Crippen LogP contribution in [0.5, 0.6) is 23.0 Å². The van der Waals surface area contributed by atoms with E-state index in [1.165, 1.54) is 0 Å². The molecular weight excluding hydrogens is 521 g/mol. The first kappa shape index (κ1) is 24.2. The molecule has 0 amide bonds. The van der Waals surface area contributed by atoms with E-state index < -0.39 is 0 Å². The summed E-state index contributed by atoms with van der Waals surface area (Å²) in [5.41, 5.74) is 2.00. The molecule has 0 radical (unpaired) electrons. The van der Waals surface area contributed by atoms with Gasteiger partial charge in [-0.3, -0.25) is 0 Å². The number of aliphatic imine (C=N–C) groups is 1. The number of rotatable bonds is 7. The fourth-order valence-corrected chi connectivity index (χ4v) is 3.23. The molecule has 0 fully saturated rings. The average molecular weight is 548 g/mol. The van der Waals surface area contributed by atoms with Crippen LogP contribution in [0.4, 0.5) is 0 Å². The number of halogens is 2. The lowest BCUT2D eigenvalue weighted by Crippen LogP contribution is -2.36. The van der Waals surface area contributed by atoms with E-state index in [2.05, 4.69) is 15.6 Å². The van der Waals surface area contributed by atoms with Gasteiger partial charge in [-0.1, -0.05) is 17.7 Å². The molecule has 3 rings (SSSR count). The third-order valence-corrected chi connectivity index (χ3v) is 4.61. The molecule has 0 aliphatic carbocycles. The van der Waals surface area contributed by atoms with Gasteiger partial charge in [0.1, 0.15) is 13.2 Å². The zero-order chi connectivity index (χ0) is 20.6. The molecule has 1 aliphatic rings. The quantitative estimate of drug-likeness (QED) is 0.310. The summed E-state index contributed by atoms with van der Waals surface area (Å²) in [5, 5.41) is 7.11. The molecule has 30 heavy (non-hydrogen) atoms. The van der Waals surface area contributed by atoms with Crippen LogP contribution in [-0.2, 0) is 13.1 Å². The molecule has 9 heteroatoms. The molecule has 0 atom stereocenters. The number of guanidine groups is 1. The summed E-state index contributed by atoms with van der Waals surface area (Å²) in [6, 6.07) is 9.59. The van der Waals surface area contributed by atoms with Crippen molar-refractivity contribution >= 4 is 41.5 Å². The molecule has 2 aromatic carbocycles. The fraction of sp³-hybridized carbons (Fsp3) is 0.381. The molecule has 2 N–H and O–H groups in total. The van der Waals surface area contributed by atoms with Gasteiger partial charge in [0, 0.05) is 13.1 Å². The summed E-state index contributed by atoms with van der Waals surface area (Å²) in [6.07, 6.45) is 0. The van der Waals surface area contributed by atoms with Crippen molar-refractivity contribution in [3.63, 3.8) is 0 Å². The molecule has 0 spiro atoms. The van der Waals surface area contributed by atoms with Crippen molar-refractivity contribution in [3.8, 4) is 23.0 Å². The maximum Gasteiger partial charge on any atom is 0.191 e. The molecule has 7 nitrogen and oxygen atoms in total. The Hall–Kier alpha value is -2.07. The van der Waals surface area contributed by atoms with Crippen molar-refractivity contribution in [1.29, 1.82) is 0 Å². The third-order valence-electron chi connectivity index (χ3n) is 4.33. The number of ether oxygens (including phenoxy) is 4. The highest BCUT2D eigenvalue weighted by molar-refractivity contribution is 14.0. The van der Waals surface area contributed by atoms with Crippen LogP contribution in [0.15, 0.2) is 35.3 Å². The monoisotopic (exact) mass is 547 g/mol. The van der Waals surface area contributed by atoms with Crippen LogP contribution < -0.4 is 29.6 Å². The van der Waals surface area contributed by atoms with E-state index in [0.29, 0.717) is 60.3 Å². The van der Waals surface area contributed by atoms with Gasteiger partial charge >= 0.3 is 0 Å². The van der Waals surface area contributed by atoms with Gasteiger partial charge in [-0.05, 0) is 42.3 Å². The summed E-state index contributed by atoms with van der Waals surface area (Å²) >= 11 is 6.31. The Morgan fingerprint density at radius 3 is 2.53 bits per heavy atom. The normalized spacial score (nSPS) is 12.6. The smallest absolute Gasteiger partial charge is 0.191 e. The Balaban J connectivity index is 0.00000320. The van der Waals surface area contributed by atoms with E-state index in [1.54, 1.807) is 14.2 Å². The number of nitrogens with zero attached hydrogens (tertiary/aromatic N) is 1. The van der Waals surface area contributed by atoms with Crippen LogP contribution in [0.2, 0.25) is 5.02 Å². The van der Waals surface area contributed by atoms with E-state index in [4.69, 9.17) is 30.5 Å². The number of nitrogens with one attached hydrogen (secondary N) is 2. The number of fused-ring (bicyclic) bond motifs is 1. The Kier molecular flexibility index (Phi) is 9.64. The lowest BCUT2D eigenvalue weighted by atomic mass is 10.2. The first-order valence-electron chi connectivity index (χ1n) is 9.45. The summed E-state index contributed by atoms with van der Waals surface area (Å²) in [4.78, 5) is 4.65. The van der Waals surface area contributed by atoms with Crippen molar-refractivity contribution in [1.82, 2.24) is 10.6 Å². The summed E-state index contributed by atoms with van der Waals surface area (Å²) in [6.45, 7) is 4.85. The number of hydrogen-bond acceptors (Lipinski definition) is 5. The van der Waals surface area contributed by atoms with E-state index in [9.17, 15) is 0 Å². The molecule has 164 valence electrons. The maximum absolute atomic E-state index is 6.31. The molecule has 0 saturated carbocycles. The minimum absolute atomic E-state index is 0. The van der Waals surface area contributed by atoms with Gasteiger partial charge in [0.15, 0.2) is 29.0 Å². The lowest BCUT2D eigenvalue weighted by Gasteiger charge is -2.20. The number of hydrogen-bond donors (Lipinski definition) is 2. The molecular formula is C21H27ClIN3O4. The maximum atomic E-state index is 6.31. The molecule has 2 aromatic rings. The average Bonchev–Trinajstić information content (AvgIpc) is 2.75. The summed E-state index contributed by atoms with van der Waals surface area (Å²) in [7, 11) is 3.24. The topological polar surface area (TPSA) is 73.3 Å². The Morgan fingerprint density at radius 1 is 1.03 bits per heavy atom. The van der Waals surface area contributed by atoms with E-state index >= 15 is 0 Å². The van der Waals surface area contributed by atoms with Gasteiger partial charge in [-0.25, -0.2) is 4.99 Å². The van der Waals surface area contributed by atoms with Gasteiger partial charge in [-0.2, -0.15) is 0 Å². The van der Waals surface area contributed by atoms with Crippen LogP contribution in [-0.4, -0.2) is 39.9 Å². The predicted molar refractivity (Wildman–Crippen MR) is 129 cm³/mol. The van der Waals surface area contributed by atoms with Gasteiger partial charge < -0.3 is 29.6 Å². The largest absolute Gasteiger partial charge is 0.493 e. The fourth-order valence-electron chi connectivity index (χ4n) is 2.94. The van der Waals surface area contributed by atoms with E-state index in [0.717, 1.165) is 17.7 Å². The lowest BCUT2D eigenvalue weighted by molar-refractivity contribution is 0.171. The van der Waals surface area contributed by atoms with Crippen LogP contribution in [0.1, 0.15) is 18.1 Å². The summed E-state index contributed by atoms with van der Waals surface area (Å²) in [5.74, 6) is 3.36. The van der Waals surface area contributed by atoms with Crippen molar-refractivity contribution in [3.05, 3.63) is 46.5 Å². The minimum Gasteiger partial charge on any atom is -0.493 e.